The summed E-state index contributed by atoms with van der Waals surface area (Å²) >= 11 is 0. The fourth-order valence-electron chi connectivity index (χ4n) is 1.85. The zero-order valence-electron chi connectivity index (χ0n) is 11.8. The second-order valence-electron chi connectivity index (χ2n) is 4.30. The Balaban J connectivity index is 2.50. The molecular weight excluding hydrogens is 261 g/mol. The fourth-order valence-corrected chi connectivity index (χ4v) is 1.85. The Kier molecular flexibility index (Phi) is 5.96. The Hall–Kier alpha value is -2.11. The van der Waals surface area contributed by atoms with E-state index in [2.05, 4.69) is 5.32 Å². The van der Waals surface area contributed by atoms with Crippen LogP contribution in [-0.4, -0.2) is 36.3 Å². The van der Waals surface area contributed by atoms with Crippen molar-refractivity contribution in [3.8, 4) is 0 Å². The monoisotopic (exact) mass is 281 g/mol. The van der Waals surface area contributed by atoms with Gasteiger partial charge in [-0.2, -0.15) is 0 Å². The summed E-state index contributed by atoms with van der Waals surface area (Å²) in [6, 6.07) is 3.59. The summed E-state index contributed by atoms with van der Waals surface area (Å²) in [5, 5.41) is 2.60. The quantitative estimate of drug-likeness (QED) is 0.774. The van der Waals surface area contributed by atoms with Crippen LogP contribution in [0.25, 0.3) is 0 Å². The molecule has 3 N–H and O–H groups in total. The molecule has 0 radical (unpaired) electrons. The molecule has 0 aromatic heterocycles. The number of hydrogen-bond acceptors (Lipinski definition) is 3. The molecule has 0 aliphatic heterocycles. The van der Waals surface area contributed by atoms with E-state index < -0.39 is 11.7 Å². The van der Waals surface area contributed by atoms with Gasteiger partial charge in [0.05, 0.1) is 5.56 Å². The van der Waals surface area contributed by atoms with Crippen LogP contribution in [0.4, 0.5) is 10.1 Å². The third-order valence-electron chi connectivity index (χ3n) is 3.00. The molecule has 0 bridgehead atoms. The van der Waals surface area contributed by atoms with Gasteiger partial charge in [-0.15, -0.1) is 0 Å². The molecule has 2 amide bonds. The minimum atomic E-state index is -0.490. The highest BCUT2D eigenvalue weighted by atomic mass is 19.1. The van der Waals surface area contributed by atoms with Gasteiger partial charge in [0.25, 0.3) is 5.91 Å². The second kappa shape index (κ2) is 7.47. The van der Waals surface area contributed by atoms with Gasteiger partial charge in [-0.3, -0.25) is 9.59 Å². The average molecular weight is 281 g/mol. The number of benzene rings is 1. The first kappa shape index (κ1) is 15.9. The van der Waals surface area contributed by atoms with Crippen molar-refractivity contribution in [2.75, 3.05) is 25.4 Å². The fraction of sp³-hybridized carbons (Fsp3) is 0.429. The predicted octanol–water partition coefficient (Wildman–Crippen LogP) is 1.40. The Morgan fingerprint density at radius 2 is 1.95 bits per heavy atom. The average Bonchev–Trinajstić information content (AvgIpc) is 2.39. The number of rotatable bonds is 6. The van der Waals surface area contributed by atoms with E-state index in [9.17, 15) is 14.0 Å². The molecular formula is C14H20FN3O2. The zero-order chi connectivity index (χ0) is 15.1. The van der Waals surface area contributed by atoms with Crippen molar-refractivity contribution in [3.63, 3.8) is 0 Å². The normalized spacial score (nSPS) is 10.2. The largest absolute Gasteiger partial charge is 0.398 e. The minimum absolute atomic E-state index is 0.0117. The number of anilines is 1. The first-order chi connectivity index (χ1) is 9.49. The van der Waals surface area contributed by atoms with E-state index in [0.29, 0.717) is 13.1 Å². The smallest absolute Gasteiger partial charge is 0.253 e. The van der Waals surface area contributed by atoms with Gasteiger partial charge in [-0.1, -0.05) is 0 Å². The molecule has 0 saturated carbocycles. The standard InChI is InChI=1S/C14H20FN3O2/c1-3-18(4-2)13(19)7-8-17-14(20)11-6-5-10(15)9-12(11)16/h5-6,9H,3-4,7-8,16H2,1-2H3,(H,17,20). The molecule has 0 atom stereocenters. The van der Waals surface area contributed by atoms with Crippen LogP contribution in [0.5, 0.6) is 0 Å². The lowest BCUT2D eigenvalue weighted by Gasteiger charge is -2.18. The van der Waals surface area contributed by atoms with Crippen LogP contribution in [0.15, 0.2) is 18.2 Å². The van der Waals surface area contributed by atoms with Gasteiger partial charge in [0.2, 0.25) is 5.91 Å². The van der Waals surface area contributed by atoms with Gasteiger partial charge in [0.15, 0.2) is 0 Å². The predicted molar refractivity (Wildman–Crippen MR) is 75.7 cm³/mol. The van der Waals surface area contributed by atoms with Crippen LogP contribution in [0.3, 0.4) is 0 Å². The van der Waals surface area contributed by atoms with E-state index in [-0.39, 0.29) is 30.1 Å². The second-order valence-corrected chi connectivity index (χ2v) is 4.30. The summed E-state index contributed by atoms with van der Waals surface area (Å²) in [5.41, 5.74) is 5.86. The van der Waals surface area contributed by atoms with E-state index in [1.807, 2.05) is 13.8 Å². The van der Waals surface area contributed by atoms with Crippen LogP contribution in [-0.2, 0) is 4.79 Å². The van der Waals surface area contributed by atoms with Crippen LogP contribution in [0, 0.1) is 5.82 Å². The van der Waals surface area contributed by atoms with Crippen LogP contribution >= 0.6 is 0 Å². The summed E-state index contributed by atoms with van der Waals surface area (Å²) in [6.45, 7) is 5.33. The van der Waals surface area contributed by atoms with E-state index in [0.717, 1.165) is 6.07 Å². The highest BCUT2D eigenvalue weighted by molar-refractivity contribution is 5.99. The maximum absolute atomic E-state index is 12.9. The number of carbonyl (C=O) groups is 2. The van der Waals surface area contributed by atoms with Crippen molar-refractivity contribution in [1.29, 1.82) is 0 Å². The number of nitrogens with one attached hydrogen (secondary N) is 1. The molecule has 0 aliphatic rings. The lowest BCUT2D eigenvalue weighted by Crippen LogP contribution is -2.34. The number of halogens is 1. The van der Waals surface area contributed by atoms with Crippen LogP contribution in [0.1, 0.15) is 30.6 Å². The molecule has 1 aromatic carbocycles. The molecule has 20 heavy (non-hydrogen) atoms. The summed E-state index contributed by atoms with van der Waals surface area (Å²) in [5.74, 6) is -0.909. The van der Waals surface area contributed by atoms with Crippen molar-refractivity contribution >= 4 is 17.5 Å². The number of nitrogens with zero attached hydrogens (tertiary/aromatic N) is 1. The lowest BCUT2D eigenvalue weighted by molar-refractivity contribution is -0.130. The van der Waals surface area contributed by atoms with Crippen molar-refractivity contribution in [3.05, 3.63) is 29.6 Å². The maximum Gasteiger partial charge on any atom is 0.253 e. The number of hydrogen-bond donors (Lipinski definition) is 2. The number of nitrogens with two attached hydrogens (primary N) is 1. The number of amides is 2. The lowest BCUT2D eigenvalue weighted by atomic mass is 10.1. The van der Waals surface area contributed by atoms with Gasteiger partial charge >= 0.3 is 0 Å². The molecule has 0 aliphatic carbocycles. The summed E-state index contributed by atoms with van der Waals surface area (Å²) < 4.78 is 12.9. The van der Waals surface area contributed by atoms with Gasteiger partial charge in [0, 0.05) is 31.7 Å². The molecule has 5 nitrogen and oxygen atoms in total. The van der Waals surface area contributed by atoms with E-state index in [1.54, 1.807) is 4.90 Å². The summed E-state index contributed by atoms with van der Waals surface area (Å²) in [7, 11) is 0. The Bertz CT molecular complexity index is 487. The van der Waals surface area contributed by atoms with E-state index in [1.165, 1.54) is 12.1 Å². The summed E-state index contributed by atoms with van der Waals surface area (Å²) in [6.07, 6.45) is 0.231. The number of carbonyl (C=O) groups excluding carboxylic acids is 2. The molecule has 0 fully saturated rings. The molecule has 0 saturated heterocycles. The van der Waals surface area contributed by atoms with Crippen LogP contribution in [0.2, 0.25) is 0 Å². The molecule has 1 aromatic rings. The van der Waals surface area contributed by atoms with E-state index in [4.69, 9.17) is 5.73 Å². The van der Waals surface area contributed by atoms with E-state index >= 15 is 0 Å². The SMILES string of the molecule is CCN(CC)C(=O)CCNC(=O)c1ccc(F)cc1N. The third kappa shape index (κ3) is 4.22. The van der Waals surface area contributed by atoms with Crippen molar-refractivity contribution < 1.29 is 14.0 Å². The van der Waals surface area contributed by atoms with Crippen molar-refractivity contribution in [2.45, 2.75) is 20.3 Å². The molecule has 110 valence electrons. The Labute approximate surface area is 117 Å². The molecule has 0 spiro atoms. The van der Waals surface area contributed by atoms with Gasteiger partial charge < -0.3 is 16.0 Å². The Morgan fingerprint density at radius 3 is 2.50 bits per heavy atom. The van der Waals surface area contributed by atoms with Crippen LogP contribution < -0.4 is 11.1 Å². The van der Waals surface area contributed by atoms with Gasteiger partial charge in [-0.05, 0) is 32.0 Å². The van der Waals surface area contributed by atoms with Gasteiger partial charge in [-0.25, -0.2) is 4.39 Å². The Morgan fingerprint density at radius 1 is 1.30 bits per heavy atom. The van der Waals surface area contributed by atoms with Crippen molar-refractivity contribution in [2.24, 2.45) is 0 Å². The number of nitrogen functional groups attached to an aromatic ring is 1. The highest BCUT2D eigenvalue weighted by Crippen LogP contribution is 2.13. The molecule has 6 heteroatoms. The van der Waals surface area contributed by atoms with Crippen molar-refractivity contribution in [1.82, 2.24) is 10.2 Å². The van der Waals surface area contributed by atoms with Gasteiger partial charge in [0.1, 0.15) is 5.82 Å². The first-order valence-electron chi connectivity index (χ1n) is 6.60. The molecule has 0 heterocycles. The minimum Gasteiger partial charge on any atom is -0.398 e. The maximum atomic E-state index is 12.9. The molecule has 1 rings (SSSR count). The topological polar surface area (TPSA) is 75.4 Å². The first-order valence-corrected chi connectivity index (χ1v) is 6.60. The molecule has 0 unspecified atom stereocenters. The highest BCUT2D eigenvalue weighted by Gasteiger charge is 2.12. The zero-order valence-corrected chi connectivity index (χ0v) is 11.8. The summed E-state index contributed by atoms with van der Waals surface area (Å²) in [4.78, 5) is 25.3. The third-order valence-corrected chi connectivity index (χ3v) is 3.00.